The maximum atomic E-state index is 13.8. The van der Waals surface area contributed by atoms with E-state index in [4.69, 9.17) is 0 Å². The number of rotatable bonds is 4. The van der Waals surface area contributed by atoms with E-state index in [0.29, 0.717) is 36.9 Å². The summed E-state index contributed by atoms with van der Waals surface area (Å²) in [5.74, 6) is 1.72. The van der Waals surface area contributed by atoms with Crippen molar-refractivity contribution in [1.29, 1.82) is 0 Å². The van der Waals surface area contributed by atoms with Gasteiger partial charge in [0.15, 0.2) is 0 Å². The van der Waals surface area contributed by atoms with Crippen molar-refractivity contribution in [3.05, 3.63) is 29.8 Å². The predicted octanol–water partition coefficient (Wildman–Crippen LogP) is 4.14. The highest BCUT2D eigenvalue weighted by atomic mass is 16.2. The summed E-state index contributed by atoms with van der Waals surface area (Å²) in [6.45, 7) is 7.22. The van der Waals surface area contributed by atoms with Crippen molar-refractivity contribution in [2.45, 2.75) is 83.3 Å². The van der Waals surface area contributed by atoms with Gasteiger partial charge in [-0.1, -0.05) is 24.6 Å². The van der Waals surface area contributed by atoms with E-state index >= 15 is 0 Å². The van der Waals surface area contributed by atoms with E-state index in [0.717, 1.165) is 62.6 Å². The molecule has 2 unspecified atom stereocenters. The Hall–Kier alpha value is -1.92. The smallest absolute Gasteiger partial charge is 0.223 e. The Kier molecular flexibility index (Phi) is 7.78. The van der Waals surface area contributed by atoms with E-state index in [1.165, 1.54) is 38.6 Å². The third-order valence-corrected chi connectivity index (χ3v) is 8.97. The molecule has 3 fully saturated rings. The number of carbonyl (C=O) groups excluding carboxylic acids is 2. The summed E-state index contributed by atoms with van der Waals surface area (Å²) in [5.41, 5.74) is 2.09. The maximum Gasteiger partial charge on any atom is 0.223 e. The normalized spacial score (nSPS) is 27.3. The van der Waals surface area contributed by atoms with Gasteiger partial charge in [0.1, 0.15) is 0 Å². The molecule has 3 aliphatic heterocycles. The van der Waals surface area contributed by atoms with Crippen LogP contribution in [0.4, 0.5) is 5.69 Å². The SMILES string of the molecule is CC(=O)N1CCC2CCCC(CN(C(=O)CC3CCN(C)CC3)Cc3ccccc31)N2CC1CC1. The van der Waals surface area contributed by atoms with Crippen molar-refractivity contribution in [3.8, 4) is 0 Å². The van der Waals surface area contributed by atoms with Crippen LogP contribution in [-0.4, -0.2) is 78.4 Å². The molecular formula is C29H44N4O2. The fourth-order valence-electron chi connectivity index (χ4n) is 6.61. The summed E-state index contributed by atoms with van der Waals surface area (Å²) < 4.78 is 0. The molecule has 6 heteroatoms. The van der Waals surface area contributed by atoms with E-state index in [9.17, 15) is 9.59 Å². The molecule has 3 heterocycles. The van der Waals surface area contributed by atoms with Gasteiger partial charge in [-0.2, -0.15) is 0 Å². The van der Waals surface area contributed by atoms with E-state index in [2.05, 4.69) is 33.9 Å². The van der Waals surface area contributed by atoms with Gasteiger partial charge in [-0.3, -0.25) is 14.5 Å². The highest BCUT2D eigenvalue weighted by Crippen LogP contribution is 2.36. The molecule has 1 aliphatic carbocycles. The summed E-state index contributed by atoms with van der Waals surface area (Å²) in [7, 11) is 2.18. The number of anilines is 1. The topological polar surface area (TPSA) is 47.1 Å². The number of nitrogens with zero attached hydrogens (tertiary/aromatic N) is 4. The molecule has 5 rings (SSSR count). The molecule has 0 N–H and O–H groups in total. The van der Waals surface area contributed by atoms with Crippen molar-refractivity contribution in [2.24, 2.45) is 11.8 Å². The van der Waals surface area contributed by atoms with E-state index in [-0.39, 0.29) is 5.91 Å². The summed E-state index contributed by atoms with van der Waals surface area (Å²) >= 11 is 0. The fourth-order valence-corrected chi connectivity index (χ4v) is 6.61. The summed E-state index contributed by atoms with van der Waals surface area (Å²) in [4.78, 5) is 35.9. The van der Waals surface area contributed by atoms with Crippen molar-refractivity contribution in [1.82, 2.24) is 14.7 Å². The highest BCUT2D eigenvalue weighted by Gasteiger charge is 2.37. The third-order valence-electron chi connectivity index (χ3n) is 8.97. The zero-order valence-corrected chi connectivity index (χ0v) is 21.8. The molecule has 6 nitrogen and oxygen atoms in total. The van der Waals surface area contributed by atoms with Gasteiger partial charge >= 0.3 is 0 Å². The molecule has 1 saturated carbocycles. The third kappa shape index (κ3) is 6.08. The second kappa shape index (κ2) is 11.0. The molecule has 1 aromatic rings. The molecule has 2 atom stereocenters. The van der Waals surface area contributed by atoms with E-state index < -0.39 is 0 Å². The van der Waals surface area contributed by atoms with Gasteiger partial charge in [0.05, 0.1) is 0 Å². The number of para-hydroxylation sites is 1. The molecule has 192 valence electrons. The predicted molar refractivity (Wildman–Crippen MR) is 140 cm³/mol. The van der Waals surface area contributed by atoms with Crippen LogP contribution in [0.2, 0.25) is 0 Å². The van der Waals surface area contributed by atoms with E-state index in [1.807, 2.05) is 17.0 Å². The number of likely N-dealkylation sites (tertiary alicyclic amines) is 1. The van der Waals surface area contributed by atoms with Crippen LogP contribution in [0.15, 0.2) is 24.3 Å². The largest absolute Gasteiger partial charge is 0.337 e. The van der Waals surface area contributed by atoms with Gasteiger partial charge in [0, 0.05) is 57.3 Å². The molecule has 2 amide bonds. The van der Waals surface area contributed by atoms with E-state index in [1.54, 1.807) is 6.92 Å². The van der Waals surface area contributed by atoms with Crippen molar-refractivity contribution in [3.63, 3.8) is 0 Å². The van der Waals surface area contributed by atoms with Crippen LogP contribution in [0.1, 0.15) is 70.3 Å². The highest BCUT2D eigenvalue weighted by molar-refractivity contribution is 5.92. The minimum atomic E-state index is 0.0991. The monoisotopic (exact) mass is 480 g/mol. The average Bonchev–Trinajstić information content (AvgIpc) is 3.66. The molecular weight excluding hydrogens is 436 g/mol. The Labute approximate surface area is 211 Å². The molecule has 0 spiro atoms. The van der Waals surface area contributed by atoms with Gasteiger partial charge in [0.25, 0.3) is 0 Å². The molecule has 35 heavy (non-hydrogen) atoms. The maximum absolute atomic E-state index is 13.8. The first-order valence-electron chi connectivity index (χ1n) is 14.1. The Morgan fingerprint density at radius 1 is 0.886 bits per heavy atom. The lowest BCUT2D eigenvalue weighted by Gasteiger charge is -2.44. The van der Waals surface area contributed by atoms with Crippen LogP contribution in [0.3, 0.4) is 0 Å². The number of amides is 2. The Balaban J connectivity index is 1.44. The number of piperidine rings is 2. The number of fused-ring (bicyclic) bond motifs is 3. The van der Waals surface area contributed by atoms with Gasteiger partial charge < -0.3 is 14.7 Å². The lowest BCUT2D eigenvalue weighted by atomic mass is 9.91. The summed E-state index contributed by atoms with van der Waals surface area (Å²) in [6, 6.07) is 9.21. The van der Waals surface area contributed by atoms with Crippen molar-refractivity contribution in [2.75, 3.05) is 44.7 Å². The standard InChI is InChI=1S/C29H44N4O2/c1-22(34)32-17-14-26-7-5-8-27(33(26)19-24-10-11-24)21-31(20-25-6-3-4-9-28(25)32)29(35)18-23-12-15-30(2)16-13-23/h3-4,6,9,23-24,26-27H,5,7-8,10-21H2,1-2H3. The average molecular weight is 481 g/mol. The van der Waals surface area contributed by atoms with Gasteiger partial charge in [-0.05, 0) is 88.5 Å². The molecule has 0 radical (unpaired) electrons. The van der Waals surface area contributed by atoms with Gasteiger partial charge in [-0.25, -0.2) is 0 Å². The van der Waals surface area contributed by atoms with Gasteiger partial charge in [0.2, 0.25) is 11.8 Å². The molecule has 2 bridgehead atoms. The minimum Gasteiger partial charge on any atom is -0.337 e. The number of hydrogen-bond donors (Lipinski definition) is 0. The van der Waals surface area contributed by atoms with Crippen LogP contribution in [-0.2, 0) is 16.1 Å². The molecule has 2 saturated heterocycles. The van der Waals surface area contributed by atoms with Crippen LogP contribution in [0.5, 0.6) is 0 Å². The molecule has 4 aliphatic rings. The lowest BCUT2D eigenvalue weighted by molar-refractivity contribution is -0.134. The Bertz CT molecular complexity index is 892. The first kappa shape index (κ1) is 24.8. The first-order chi connectivity index (χ1) is 17.0. The van der Waals surface area contributed by atoms with Crippen LogP contribution in [0, 0.1) is 11.8 Å². The van der Waals surface area contributed by atoms with Crippen molar-refractivity contribution < 1.29 is 9.59 Å². The second-order valence-electron chi connectivity index (χ2n) is 11.7. The minimum absolute atomic E-state index is 0.0991. The Morgan fingerprint density at radius 3 is 2.37 bits per heavy atom. The van der Waals surface area contributed by atoms with Gasteiger partial charge in [-0.15, -0.1) is 0 Å². The lowest BCUT2D eigenvalue weighted by Crippen LogP contribution is -2.53. The summed E-state index contributed by atoms with van der Waals surface area (Å²) in [5, 5.41) is 0. The first-order valence-corrected chi connectivity index (χ1v) is 14.1. The summed E-state index contributed by atoms with van der Waals surface area (Å²) in [6.07, 6.45) is 10.2. The fraction of sp³-hybridized carbons (Fsp3) is 0.724. The molecule has 0 aromatic heterocycles. The van der Waals surface area contributed by atoms with Crippen LogP contribution in [0.25, 0.3) is 0 Å². The number of benzene rings is 1. The zero-order chi connectivity index (χ0) is 24.4. The van der Waals surface area contributed by atoms with Crippen LogP contribution < -0.4 is 4.90 Å². The zero-order valence-electron chi connectivity index (χ0n) is 21.8. The number of hydrogen-bond acceptors (Lipinski definition) is 4. The quantitative estimate of drug-likeness (QED) is 0.650. The number of carbonyl (C=O) groups is 2. The van der Waals surface area contributed by atoms with Crippen LogP contribution >= 0.6 is 0 Å². The Morgan fingerprint density at radius 2 is 1.63 bits per heavy atom. The molecule has 1 aromatic carbocycles. The second-order valence-corrected chi connectivity index (χ2v) is 11.7. The van der Waals surface area contributed by atoms with Crippen molar-refractivity contribution >= 4 is 17.5 Å².